The lowest BCUT2D eigenvalue weighted by Crippen LogP contribution is -2.54. The van der Waals surface area contributed by atoms with Gasteiger partial charge in [-0.2, -0.15) is 0 Å². The standard InChI is InChI=1S/C27H33N3O5/c1-19-6-8-20(9-7-19)25(31)30-12-4-5-22(18-30)27(33)29-15-13-28(14-16-29)26(32)21-10-11-23(34-2)24(17-21)35-3/h6-11,17,22H,4-5,12-16,18H2,1-3H3. The van der Waals surface area contributed by atoms with Crippen LogP contribution in [0.25, 0.3) is 0 Å². The molecule has 0 aliphatic carbocycles. The molecule has 2 fully saturated rings. The van der Waals surface area contributed by atoms with Gasteiger partial charge in [0, 0.05) is 50.4 Å². The van der Waals surface area contributed by atoms with Crippen LogP contribution in [-0.2, 0) is 4.79 Å². The van der Waals surface area contributed by atoms with Crippen molar-refractivity contribution in [3.63, 3.8) is 0 Å². The number of piperidine rings is 1. The Labute approximate surface area is 206 Å². The number of ether oxygens (including phenoxy) is 2. The van der Waals surface area contributed by atoms with Crippen molar-refractivity contribution in [2.24, 2.45) is 5.92 Å². The molecule has 2 aliphatic heterocycles. The Morgan fingerprint density at radius 1 is 0.743 bits per heavy atom. The maximum absolute atomic E-state index is 13.3. The van der Waals surface area contributed by atoms with Gasteiger partial charge in [-0.1, -0.05) is 17.7 Å². The third-order valence-corrected chi connectivity index (χ3v) is 6.87. The minimum atomic E-state index is -0.203. The highest BCUT2D eigenvalue weighted by Crippen LogP contribution is 2.28. The van der Waals surface area contributed by atoms with E-state index in [4.69, 9.17) is 9.47 Å². The van der Waals surface area contributed by atoms with Gasteiger partial charge in [0.1, 0.15) is 0 Å². The summed E-state index contributed by atoms with van der Waals surface area (Å²) in [6.45, 7) is 5.02. The number of likely N-dealkylation sites (tertiary alicyclic amines) is 1. The number of methoxy groups -OCH3 is 2. The Morgan fingerprint density at radius 3 is 2.00 bits per heavy atom. The second-order valence-electron chi connectivity index (χ2n) is 9.14. The van der Waals surface area contributed by atoms with E-state index in [-0.39, 0.29) is 23.6 Å². The molecule has 0 N–H and O–H groups in total. The van der Waals surface area contributed by atoms with E-state index in [1.54, 1.807) is 35.1 Å². The molecule has 2 heterocycles. The quantitative estimate of drug-likeness (QED) is 0.659. The smallest absolute Gasteiger partial charge is 0.254 e. The van der Waals surface area contributed by atoms with E-state index < -0.39 is 0 Å². The third kappa shape index (κ3) is 5.42. The largest absolute Gasteiger partial charge is 0.493 e. The topological polar surface area (TPSA) is 79.4 Å². The van der Waals surface area contributed by atoms with E-state index in [1.807, 2.05) is 36.1 Å². The Balaban J connectivity index is 1.33. The van der Waals surface area contributed by atoms with E-state index >= 15 is 0 Å². The van der Waals surface area contributed by atoms with Crippen molar-refractivity contribution < 1.29 is 23.9 Å². The molecule has 35 heavy (non-hydrogen) atoms. The summed E-state index contributed by atoms with van der Waals surface area (Å²) in [6.07, 6.45) is 1.59. The summed E-state index contributed by atoms with van der Waals surface area (Å²) in [7, 11) is 3.09. The van der Waals surface area contributed by atoms with Crippen LogP contribution in [0.3, 0.4) is 0 Å². The van der Waals surface area contributed by atoms with Gasteiger partial charge in [-0.3, -0.25) is 14.4 Å². The highest BCUT2D eigenvalue weighted by atomic mass is 16.5. The van der Waals surface area contributed by atoms with Gasteiger partial charge in [0.15, 0.2) is 11.5 Å². The summed E-state index contributed by atoms with van der Waals surface area (Å²) in [5.41, 5.74) is 2.29. The molecule has 3 amide bonds. The van der Waals surface area contributed by atoms with Crippen LogP contribution in [-0.4, -0.2) is 85.9 Å². The first-order valence-corrected chi connectivity index (χ1v) is 12.1. The van der Waals surface area contributed by atoms with Gasteiger partial charge < -0.3 is 24.2 Å². The first-order chi connectivity index (χ1) is 16.9. The minimum Gasteiger partial charge on any atom is -0.493 e. The first kappa shape index (κ1) is 24.6. The monoisotopic (exact) mass is 479 g/mol. The molecule has 2 aromatic rings. The van der Waals surface area contributed by atoms with Crippen LogP contribution in [0.2, 0.25) is 0 Å². The molecule has 2 saturated heterocycles. The summed E-state index contributed by atoms with van der Waals surface area (Å²) < 4.78 is 10.6. The molecule has 0 saturated carbocycles. The Morgan fingerprint density at radius 2 is 1.34 bits per heavy atom. The predicted octanol–water partition coefficient (Wildman–Crippen LogP) is 2.85. The lowest BCUT2D eigenvalue weighted by atomic mass is 9.95. The van der Waals surface area contributed by atoms with Crippen molar-refractivity contribution in [2.75, 3.05) is 53.5 Å². The average molecular weight is 480 g/mol. The van der Waals surface area contributed by atoms with E-state index in [1.165, 1.54) is 7.11 Å². The fraction of sp³-hybridized carbons (Fsp3) is 0.444. The van der Waals surface area contributed by atoms with Crippen LogP contribution < -0.4 is 9.47 Å². The molecule has 2 aliphatic rings. The molecule has 4 rings (SSSR count). The maximum atomic E-state index is 13.3. The molecular weight excluding hydrogens is 446 g/mol. The van der Waals surface area contributed by atoms with E-state index in [0.717, 1.165) is 18.4 Å². The minimum absolute atomic E-state index is 0.0205. The van der Waals surface area contributed by atoms with Crippen molar-refractivity contribution in [3.05, 3.63) is 59.2 Å². The van der Waals surface area contributed by atoms with Crippen molar-refractivity contribution in [1.29, 1.82) is 0 Å². The molecule has 8 nitrogen and oxygen atoms in total. The summed E-state index contributed by atoms with van der Waals surface area (Å²) in [5, 5.41) is 0. The van der Waals surface area contributed by atoms with Gasteiger partial charge in [-0.25, -0.2) is 0 Å². The number of hydrogen-bond donors (Lipinski definition) is 0. The molecule has 2 aromatic carbocycles. The molecule has 8 heteroatoms. The first-order valence-electron chi connectivity index (χ1n) is 12.1. The molecular formula is C27H33N3O5. The number of carbonyl (C=O) groups excluding carboxylic acids is 3. The summed E-state index contributed by atoms with van der Waals surface area (Å²) in [5.74, 6) is 0.838. The van der Waals surface area contributed by atoms with E-state index in [0.29, 0.717) is 61.9 Å². The summed E-state index contributed by atoms with van der Waals surface area (Å²) in [6, 6.07) is 12.7. The summed E-state index contributed by atoms with van der Waals surface area (Å²) in [4.78, 5) is 44.6. The van der Waals surface area contributed by atoms with Crippen LogP contribution in [0.1, 0.15) is 39.1 Å². The zero-order chi connectivity index (χ0) is 24.9. The highest BCUT2D eigenvalue weighted by Gasteiger charge is 2.33. The number of hydrogen-bond acceptors (Lipinski definition) is 5. The van der Waals surface area contributed by atoms with E-state index in [2.05, 4.69) is 0 Å². The van der Waals surface area contributed by atoms with Gasteiger partial charge >= 0.3 is 0 Å². The molecule has 0 spiro atoms. The number of amides is 3. The van der Waals surface area contributed by atoms with Gasteiger partial charge in [0.25, 0.3) is 11.8 Å². The third-order valence-electron chi connectivity index (χ3n) is 6.87. The van der Waals surface area contributed by atoms with Gasteiger partial charge in [-0.05, 0) is 50.1 Å². The lowest BCUT2D eigenvalue weighted by molar-refractivity contribution is -0.138. The fourth-order valence-corrected chi connectivity index (χ4v) is 4.78. The van der Waals surface area contributed by atoms with Crippen molar-refractivity contribution >= 4 is 17.7 Å². The predicted molar refractivity (Wildman–Crippen MR) is 132 cm³/mol. The Bertz CT molecular complexity index is 1080. The SMILES string of the molecule is COc1ccc(C(=O)N2CCN(C(=O)C3CCCN(C(=O)c4ccc(C)cc4)C3)CC2)cc1OC. The van der Waals surface area contributed by atoms with Gasteiger partial charge in [0.05, 0.1) is 20.1 Å². The van der Waals surface area contributed by atoms with E-state index in [9.17, 15) is 14.4 Å². The maximum Gasteiger partial charge on any atom is 0.254 e. The van der Waals surface area contributed by atoms with Crippen LogP contribution in [0.4, 0.5) is 0 Å². The molecule has 0 radical (unpaired) electrons. The fourth-order valence-electron chi connectivity index (χ4n) is 4.78. The molecule has 186 valence electrons. The number of aryl methyl sites for hydroxylation is 1. The normalized spacial score (nSPS) is 18.3. The molecule has 0 bridgehead atoms. The highest BCUT2D eigenvalue weighted by molar-refractivity contribution is 5.95. The van der Waals surface area contributed by atoms with Crippen molar-refractivity contribution in [3.8, 4) is 11.5 Å². The molecule has 0 aromatic heterocycles. The van der Waals surface area contributed by atoms with Crippen LogP contribution in [0, 0.1) is 12.8 Å². The zero-order valence-corrected chi connectivity index (χ0v) is 20.7. The van der Waals surface area contributed by atoms with Crippen molar-refractivity contribution in [2.45, 2.75) is 19.8 Å². The Hall–Kier alpha value is -3.55. The second-order valence-corrected chi connectivity index (χ2v) is 9.14. The molecule has 1 atom stereocenters. The molecule has 1 unspecified atom stereocenters. The van der Waals surface area contributed by atoms with Crippen LogP contribution >= 0.6 is 0 Å². The number of carbonyl (C=O) groups is 3. The van der Waals surface area contributed by atoms with Crippen molar-refractivity contribution in [1.82, 2.24) is 14.7 Å². The number of piperazine rings is 1. The summed E-state index contributed by atoms with van der Waals surface area (Å²) >= 11 is 0. The number of rotatable bonds is 5. The van der Waals surface area contributed by atoms with Gasteiger partial charge in [0.2, 0.25) is 5.91 Å². The zero-order valence-electron chi connectivity index (χ0n) is 20.7. The number of nitrogens with zero attached hydrogens (tertiary/aromatic N) is 3. The van der Waals surface area contributed by atoms with Crippen LogP contribution in [0.15, 0.2) is 42.5 Å². The van der Waals surface area contributed by atoms with Gasteiger partial charge in [-0.15, -0.1) is 0 Å². The van der Waals surface area contributed by atoms with Crippen LogP contribution in [0.5, 0.6) is 11.5 Å². The Kier molecular flexibility index (Phi) is 7.58. The average Bonchev–Trinajstić information content (AvgIpc) is 2.92. The lowest BCUT2D eigenvalue weighted by Gasteiger charge is -2.39. The second kappa shape index (κ2) is 10.8. The number of benzene rings is 2.